The highest BCUT2D eigenvalue weighted by molar-refractivity contribution is 5.86. The molecule has 0 fully saturated rings. The minimum Gasteiger partial charge on any atom is -0.200 e. The standard InChI is InChI=1S/C17H13N2/c18-11-16-8-4-7-15-9-10-19(13-17(15)16)12-14-5-2-1-3-6-14/h1-10,13H,12H2/q+1. The summed E-state index contributed by atoms with van der Waals surface area (Å²) >= 11 is 0. The molecular formula is C17H13N2+. The molecule has 0 saturated heterocycles. The number of hydrogen-bond acceptors (Lipinski definition) is 1. The quantitative estimate of drug-likeness (QED) is 0.638. The molecular weight excluding hydrogens is 232 g/mol. The van der Waals surface area contributed by atoms with Crippen LogP contribution in [-0.4, -0.2) is 0 Å². The smallest absolute Gasteiger partial charge is 0.178 e. The number of pyridine rings is 1. The van der Waals surface area contributed by atoms with Crippen molar-refractivity contribution in [3.63, 3.8) is 0 Å². The van der Waals surface area contributed by atoms with E-state index in [1.165, 1.54) is 5.56 Å². The molecule has 0 aliphatic heterocycles. The third-order valence-electron chi connectivity index (χ3n) is 3.21. The number of aromatic nitrogens is 1. The van der Waals surface area contributed by atoms with Crippen molar-refractivity contribution in [3.8, 4) is 6.07 Å². The van der Waals surface area contributed by atoms with Crippen LogP contribution in [0.4, 0.5) is 0 Å². The predicted molar refractivity (Wildman–Crippen MR) is 74.4 cm³/mol. The van der Waals surface area contributed by atoms with Crippen LogP contribution in [-0.2, 0) is 6.54 Å². The van der Waals surface area contributed by atoms with Gasteiger partial charge in [0.05, 0.1) is 10.9 Å². The summed E-state index contributed by atoms with van der Waals surface area (Å²) in [5.74, 6) is 0. The van der Waals surface area contributed by atoms with Crippen molar-refractivity contribution in [2.45, 2.75) is 6.54 Å². The molecule has 1 aromatic heterocycles. The van der Waals surface area contributed by atoms with Crippen molar-refractivity contribution in [3.05, 3.63) is 78.1 Å². The van der Waals surface area contributed by atoms with E-state index in [0.29, 0.717) is 0 Å². The molecule has 2 aromatic carbocycles. The normalized spacial score (nSPS) is 10.3. The van der Waals surface area contributed by atoms with Gasteiger partial charge in [0.1, 0.15) is 6.07 Å². The Kier molecular flexibility index (Phi) is 2.96. The lowest BCUT2D eigenvalue weighted by molar-refractivity contribution is -0.687. The Morgan fingerprint density at radius 3 is 2.58 bits per heavy atom. The second-order valence-corrected chi connectivity index (χ2v) is 4.52. The van der Waals surface area contributed by atoms with Crippen molar-refractivity contribution in [2.24, 2.45) is 0 Å². The Morgan fingerprint density at radius 1 is 0.947 bits per heavy atom. The highest BCUT2D eigenvalue weighted by atomic mass is 14.9. The van der Waals surface area contributed by atoms with Gasteiger partial charge in [0.15, 0.2) is 18.9 Å². The SMILES string of the molecule is N#Cc1cccc2cc[n+](Cc3ccccc3)cc12. The number of nitriles is 1. The molecule has 3 aromatic rings. The third kappa shape index (κ3) is 2.31. The third-order valence-corrected chi connectivity index (χ3v) is 3.21. The fourth-order valence-corrected chi connectivity index (χ4v) is 2.25. The molecule has 0 N–H and O–H groups in total. The highest BCUT2D eigenvalue weighted by Crippen LogP contribution is 2.15. The minimum absolute atomic E-state index is 0.722. The van der Waals surface area contributed by atoms with E-state index in [4.69, 9.17) is 5.26 Å². The summed E-state index contributed by atoms with van der Waals surface area (Å²) in [4.78, 5) is 0. The summed E-state index contributed by atoms with van der Waals surface area (Å²) in [5, 5.41) is 11.3. The summed E-state index contributed by atoms with van der Waals surface area (Å²) < 4.78 is 2.11. The Balaban J connectivity index is 2.04. The average molecular weight is 245 g/mol. The van der Waals surface area contributed by atoms with Crippen LogP contribution in [0.5, 0.6) is 0 Å². The summed E-state index contributed by atoms with van der Waals surface area (Å²) in [6.45, 7) is 0.816. The maximum atomic E-state index is 9.16. The van der Waals surface area contributed by atoms with Gasteiger partial charge in [0.2, 0.25) is 0 Å². The Hall–Kier alpha value is -2.66. The molecule has 0 atom stereocenters. The highest BCUT2D eigenvalue weighted by Gasteiger charge is 2.07. The maximum Gasteiger partial charge on any atom is 0.178 e. The first-order valence-electron chi connectivity index (χ1n) is 6.23. The van der Waals surface area contributed by atoms with Crippen molar-refractivity contribution in [2.75, 3.05) is 0 Å². The molecule has 19 heavy (non-hydrogen) atoms. The first-order valence-corrected chi connectivity index (χ1v) is 6.23. The molecule has 0 saturated carbocycles. The van der Waals surface area contributed by atoms with Crippen LogP contribution in [0, 0.1) is 11.3 Å². The number of hydrogen-bond donors (Lipinski definition) is 0. The predicted octanol–water partition coefficient (Wildman–Crippen LogP) is 3.05. The van der Waals surface area contributed by atoms with E-state index in [2.05, 4.69) is 35.0 Å². The fourth-order valence-electron chi connectivity index (χ4n) is 2.25. The number of benzene rings is 2. The van der Waals surface area contributed by atoms with Crippen LogP contribution < -0.4 is 4.57 Å². The number of rotatable bonds is 2. The zero-order valence-corrected chi connectivity index (χ0v) is 10.5. The van der Waals surface area contributed by atoms with Gasteiger partial charge in [-0.05, 0) is 11.5 Å². The fraction of sp³-hybridized carbons (Fsp3) is 0.0588. The minimum atomic E-state index is 0.722. The van der Waals surface area contributed by atoms with Crippen LogP contribution in [0.15, 0.2) is 67.0 Å². The van der Waals surface area contributed by atoms with E-state index in [0.717, 1.165) is 22.9 Å². The van der Waals surface area contributed by atoms with Gasteiger partial charge in [-0.25, -0.2) is 4.57 Å². The first kappa shape index (κ1) is 11.4. The largest absolute Gasteiger partial charge is 0.200 e. The second kappa shape index (κ2) is 4.91. The molecule has 0 unspecified atom stereocenters. The molecule has 0 aliphatic rings. The van der Waals surface area contributed by atoms with Gasteiger partial charge in [-0.2, -0.15) is 5.26 Å². The second-order valence-electron chi connectivity index (χ2n) is 4.52. The van der Waals surface area contributed by atoms with Gasteiger partial charge in [-0.1, -0.05) is 42.5 Å². The molecule has 0 aliphatic carbocycles. The van der Waals surface area contributed by atoms with Crippen LogP contribution in [0.25, 0.3) is 10.8 Å². The van der Waals surface area contributed by atoms with Crippen molar-refractivity contribution >= 4 is 10.8 Å². The molecule has 2 nitrogen and oxygen atoms in total. The summed E-state index contributed by atoms with van der Waals surface area (Å²) in [6, 6.07) is 20.4. The maximum absolute atomic E-state index is 9.16. The van der Waals surface area contributed by atoms with Gasteiger partial charge in [0, 0.05) is 11.6 Å². The van der Waals surface area contributed by atoms with Crippen LogP contribution in [0.2, 0.25) is 0 Å². The molecule has 0 bridgehead atoms. The zero-order chi connectivity index (χ0) is 13.1. The van der Waals surface area contributed by atoms with Gasteiger partial charge >= 0.3 is 0 Å². The summed E-state index contributed by atoms with van der Waals surface area (Å²) in [5.41, 5.74) is 1.97. The topological polar surface area (TPSA) is 27.7 Å². The monoisotopic (exact) mass is 245 g/mol. The van der Waals surface area contributed by atoms with Crippen molar-refractivity contribution in [1.29, 1.82) is 5.26 Å². The Labute approximate surface area is 112 Å². The lowest BCUT2D eigenvalue weighted by atomic mass is 10.1. The van der Waals surface area contributed by atoms with Gasteiger partial charge in [-0.3, -0.25) is 0 Å². The van der Waals surface area contributed by atoms with Crippen molar-refractivity contribution in [1.82, 2.24) is 0 Å². The number of nitrogens with zero attached hydrogens (tertiary/aromatic N) is 2. The van der Waals surface area contributed by atoms with E-state index in [-0.39, 0.29) is 0 Å². The van der Waals surface area contributed by atoms with Gasteiger partial charge in [0.25, 0.3) is 0 Å². The molecule has 0 radical (unpaired) electrons. The summed E-state index contributed by atoms with van der Waals surface area (Å²) in [6.07, 6.45) is 4.09. The Bertz CT molecular complexity index is 755. The molecule has 1 heterocycles. The Morgan fingerprint density at radius 2 is 1.79 bits per heavy atom. The van der Waals surface area contributed by atoms with Gasteiger partial charge < -0.3 is 0 Å². The lowest BCUT2D eigenvalue weighted by Crippen LogP contribution is -2.33. The molecule has 90 valence electrons. The van der Waals surface area contributed by atoms with Gasteiger partial charge in [-0.15, -0.1) is 0 Å². The van der Waals surface area contributed by atoms with E-state index in [1.54, 1.807) is 0 Å². The van der Waals surface area contributed by atoms with E-state index in [9.17, 15) is 0 Å². The van der Waals surface area contributed by atoms with Crippen LogP contribution in [0.3, 0.4) is 0 Å². The average Bonchev–Trinajstić information content (AvgIpc) is 2.47. The molecule has 2 heteroatoms. The molecule has 0 amide bonds. The van der Waals surface area contributed by atoms with E-state index in [1.807, 2.05) is 42.6 Å². The van der Waals surface area contributed by atoms with E-state index < -0.39 is 0 Å². The molecule has 3 rings (SSSR count). The summed E-state index contributed by atoms with van der Waals surface area (Å²) in [7, 11) is 0. The van der Waals surface area contributed by atoms with E-state index >= 15 is 0 Å². The first-order chi connectivity index (χ1) is 9.36. The van der Waals surface area contributed by atoms with Crippen LogP contribution >= 0.6 is 0 Å². The number of fused-ring (bicyclic) bond motifs is 1. The molecule has 0 spiro atoms. The zero-order valence-electron chi connectivity index (χ0n) is 10.5. The van der Waals surface area contributed by atoms with Crippen LogP contribution in [0.1, 0.15) is 11.1 Å². The van der Waals surface area contributed by atoms with Crippen molar-refractivity contribution < 1.29 is 4.57 Å². The lowest BCUT2D eigenvalue weighted by Gasteiger charge is -2.01.